The van der Waals surface area contributed by atoms with Gasteiger partial charge in [-0.1, -0.05) is 24.2 Å². The zero-order chi connectivity index (χ0) is 19.0. The van der Waals surface area contributed by atoms with E-state index in [-0.39, 0.29) is 23.4 Å². The summed E-state index contributed by atoms with van der Waals surface area (Å²) in [6.07, 6.45) is 1.84. The van der Waals surface area contributed by atoms with Gasteiger partial charge >= 0.3 is 0 Å². The Bertz CT molecular complexity index is 906. The molecule has 1 aliphatic heterocycles. The second-order valence-electron chi connectivity index (χ2n) is 6.36. The zero-order valence-corrected chi connectivity index (χ0v) is 15.6. The smallest absolute Gasteiger partial charge is 0.246 e. The Hall–Kier alpha value is -2.34. The third-order valence-corrected chi connectivity index (χ3v) is 5.29. The van der Waals surface area contributed by atoms with Crippen molar-refractivity contribution in [1.29, 1.82) is 0 Å². The summed E-state index contributed by atoms with van der Waals surface area (Å²) in [6, 6.07) is 3.34. The first-order chi connectivity index (χ1) is 12.4. The molecule has 0 spiro atoms. The molecule has 0 saturated heterocycles. The topological polar surface area (TPSA) is 45.6 Å². The molecule has 0 bridgehead atoms. The number of benzene rings is 1. The van der Waals surface area contributed by atoms with E-state index in [9.17, 15) is 14.0 Å². The number of rotatable bonds is 4. The van der Waals surface area contributed by atoms with Crippen molar-refractivity contribution >= 4 is 34.3 Å². The van der Waals surface area contributed by atoms with Gasteiger partial charge in [0, 0.05) is 49.7 Å². The van der Waals surface area contributed by atoms with Crippen LogP contribution >= 0.6 is 11.6 Å². The molecular weight excluding hydrogens is 357 g/mol. The number of hydrogen-bond donors (Lipinski definition) is 0. The van der Waals surface area contributed by atoms with Gasteiger partial charge in [-0.05, 0) is 19.1 Å². The summed E-state index contributed by atoms with van der Waals surface area (Å²) in [5, 5.41) is 0.862. The summed E-state index contributed by atoms with van der Waals surface area (Å²) >= 11 is 5.92. The molecule has 0 aliphatic carbocycles. The fourth-order valence-corrected chi connectivity index (χ4v) is 3.71. The lowest BCUT2D eigenvalue weighted by molar-refractivity contribution is -0.138. The molecule has 26 heavy (non-hydrogen) atoms. The average Bonchev–Trinajstić information content (AvgIpc) is 2.94. The molecule has 5 nitrogen and oxygen atoms in total. The second-order valence-corrected chi connectivity index (χ2v) is 6.77. The lowest BCUT2D eigenvalue weighted by Gasteiger charge is -2.30. The first-order valence-corrected chi connectivity index (χ1v) is 8.90. The fraction of sp³-hybridized carbons (Fsp3) is 0.368. The number of aryl methyl sites for hydroxylation is 1. The number of carbonyl (C=O) groups excluding carboxylic acids is 2. The summed E-state index contributed by atoms with van der Waals surface area (Å²) in [5.74, 6) is -0.827. The van der Waals surface area contributed by atoms with Crippen molar-refractivity contribution < 1.29 is 14.0 Å². The molecule has 0 atom stereocenters. The quantitative estimate of drug-likeness (QED) is 0.769. The third kappa shape index (κ3) is 2.98. The predicted molar refractivity (Wildman–Crippen MR) is 99.5 cm³/mol. The van der Waals surface area contributed by atoms with Crippen LogP contribution in [0, 0.1) is 5.82 Å². The van der Waals surface area contributed by atoms with Gasteiger partial charge in [-0.25, -0.2) is 4.39 Å². The highest BCUT2D eigenvalue weighted by molar-refractivity contribution is 6.31. The number of aromatic nitrogens is 1. The molecule has 0 unspecified atom stereocenters. The normalized spacial score (nSPS) is 13.6. The summed E-state index contributed by atoms with van der Waals surface area (Å²) in [4.78, 5) is 27.6. The summed E-state index contributed by atoms with van der Waals surface area (Å²) in [6.45, 7) is 6.67. The van der Waals surface area contributed by atoms with Gasteiger partial charge in [0.15, 0.2) is 5.82 Å². The van der Waals surface area contributed by atoms with E-state index in [4.69, 9.17) is 11.6 Å². The number of likely N-dealkylation sites (N-methyl/N-ethyl adjacent to an activating group) is 1. The Balaban J connectivity index is 1.89. The minimum Gasteiger partial charge on any atom is -0.345 e. The second kappa shape index (κ2) is 7.11. The minimum atomic E-state index is -0.437. The van der Waals surface area contributed by atoms with Crippen LogP contribution in [-0.4, -0.2) is 45.8 Å². The van der Waals surface area contributed by atoms with Crippen LogP contribution in [0.1, 0.15) is 18.2 Å². The standard InChI is InChI=1S/C19H21ClFN3O2/c1-4-16(25)23(5-2)11-17(26)24-9-8-15-13(10-24)12-6-7-14(20)18(21)19(12)22(15)3/h4,6-7H,1,5,8-11H2,2-3H3. The molecule has 1 aromatic carbocycles. The van der Waals surface area contributed by atoms with E-state index in [1.165, 1.54) is 11.0 Å². The van der Waals surface area contributed by atoms with Gasteiger partial charge in [-0.3, -0.25) is 9.59 Å². The van der Waals surface area contributed by atoms with Crippen LogP contribution in [0.25, 0.3) is 10.9 Å². The van der Waals surface area contributed by atoms with Crippen molar-refractivity contribution in [2.24, 2.45) is 7.05 Å². The van der Waals surface area contributed by atoms with E-state index in [1.807, 2.05) is 18.5 Å². The summed E-state index contributed by atoms with van der Waals surface area (Å²) in [5.41, 5.74) is 2.42. The van der Waals surface area contributed by atoms with E-state index in [2.05, 4.69) is 6.58 Å². The Morgan fingerprint density at radius 2 is 2.15 bits per heavy atom. The number of nitrogens with zero attached hydrogens (tertiary/aromatic N) is 3. The molecule has 2 aromatic rings. The average molecular weight is 378 g/mol. The minimum absolute atomic E-state index is 0.0155. The number of halogens is 2. The molecule has 0 radical (unpaired) electrons. The van der Waals surface area contributed by atoms with Crippen molar-refractivity contribution in [3.8, 4) is 0 Å². The van der Waals surface area contributed by atoms with Crippen LogP contribution in [0.5, 0.6) is 0 Å². The predicted octanol–water partition coefficient (Wildman–Crippen LogP) is 2.89. The lowest BCUT2D eigenvalue weighted by Crippen LogP contribution is -2.44. The van der Waals surface area contributed by atoms with E-state index < -0.39 is 5.82 Å². The maximum absolute atomic E-state index is 14.5. The molecule has 138 valence electrons. The molecule has 0 N–H and O–H groups in total. The fourth-order valence-electron chi connectivity index (χ4n) is 3.56. The maximum Gasteiger partial charge on any atom is 0.246 e. The monoisotopic (exact) mass is 377 g/mol. The van der Waals surface area contributed by atoms with E-state index in [1.54, 1.807) is 17.0 Å². The van der Waals surface area contributed by atoms with Crippen LogP contribution in [0.15, 0.2) is 24.8 Å². The first-order valence-electron chi connectivity index (χ1n) is 8.52. The molecule has 0 saturated carbocycles. The summed E-state index contributed by atoms with van der Waals surface area (Å²) < 4.78 is 16.3. The molecule has 3 rings (SSSR count). The van der Waals surface area contributed by atoms with Crippen LogP contribution in [0.2, 0.25) is 5.02 Å². The van der Waals surface area contributed by atoms with Crippen LogP contribution < -0.4 is 0 Å². The maximum atomic E-state index is 14.5. The SMILES string of the molecule is C=CC(=O)N(CC)CC(=O)N1CCc2c(c3ccc(Cl)c(F)c3n2C)C1. The van der Waals surface area contributed by atoms with Gasteiger partial charge in [-0.2, -0.15) is 0 Å². The molecular formula is C19H21ClFN3O2. The Labute approximate surface area is 156 Å². The summed E-state index contributed by atoms with van der Waals surface area (Å²) in [7, 11) is 1.82. The Morgan fingerprint density at radius 1 is 1.42 bits per heavy atom. The highest BCUT2D eigenvalue weighted by Crippen LogP contribution is 2.34. The molecule has 1 aliphatic rings. The molecule has 1 aromatic heterocycles. The highest BCUT2D eigenvalue weighted by Gasteiger charge is 2.28. The van der Waals surface area contributed by atoms with Crippen LogP contribution in [-0.2, 0) is 29.6 Å². The molecule has 2 amide bonds. The van der Waals surface area contributed by atoms with Crippen LogP contribution in [0.3, 0.4) is 0 Å². The highest BCUT2D eigenvalue weighted by atomic mass is 35.5. The van der Waals surface area contributed by atoms with Crippen molar-refractivity contribution in [1.82, 2.24) is 14.4 Å². The number of amides is 2. The number of carbonyl (C=O) groups is 2. The largest absolute Gasteiger partial charge is 0.345 e. The third-order valence-electron chi connectivity index (χ3n) is 5.00. The Morgan fingerprint density at radius 3 is 2.81 bits per heavy atom. The van der Waals surface area contributed by atoms with Crippen molar-refractivity contribution in [2.75, 3.05) is 19.6 Å². The van der Waals surface area contributed by atoms with Crippen molar-refractivity contribution in [3.63, 3.8) is 0 Å². The number of hydrogen-bond acceptors (Lipinski definition) is 2. The van der Waals surface area contributed by atoms with Gasteiger partial charge < -0.3 is 14.4 Å². The van der Waals surface area contributed by atoms with Crippen molar-refractivity contribution in [3.05, 3.63) is 46.9 Å². The van der Waals surface area contributed by atoms with Gasteiger partial charge in [0.25, 0.3) is 0 Å². The molecule has 7 heteroatoms. The van der Waals surface area contributed by atoms with Gasteiger partial charge in [-0.15, -0.1) is 0 Å². The number of fused-ring (bicyclic) bond motifs is 3. The molecule has 0 fully saturated rings. The van der Waals surface area contributed by atoms with Gasteiger partial charge in [0.1, 0.15) is 6.54 Å². The Kier molecular flexibility index (Phi) is 5.05. The lowest BCUT2D eigenvalue weighted by atomic mass is 10.0. The van der Waals surface area contributed by atoms with Gasteiger partial charge in [0.2, 0.25) is 11.8 Å². The van der Waals surface area contributed by atoms with E-state index in [0.717, 1.165) is 16.6 Å². The first kappa shape index (κ1) is 18.5. The van der Waals surface area contributed by atoms with Gasteiger partial charge in [0.05, 0.1) is 10.5 Å². The van der Waals surface area contributed by atoms with E-state index in [0.29, 0.717) is 31.6 Å². The zero-order valence-electron chi connectivity index (χ0n) is 14.9. The van der Waals surface area contributed by atoms with E-state index >= 15 is 0 Å². The van der Waals surface area contributed by atoms with Crippen molar-refractivity contribution in [2.45, 2.75) is 19.9 Å². The van der Waals surface area contributed by atoms with Crippen LogP contribution in [0.4, 0.5) is 4.39 Å². The molecule has 2 heterocycles.